The van der Waals surface area contributed by atoms with Crippen molar-refractivity contribution in [3.05, 3.63) is 102 Å². The molecule has 0 fully saturated rings. The van der Waals surface area contributed by atoms with Crippen LogP contribution in [0.2, 0.25) is 0 Å². The third-order valence-corrected chi connectivity index (χ3v) is 5.32. The van der Waals surface area contributed by atoms with Gasteiger partial charge in [-0.3, -0.25) is 0 Å². The summed E-state index contributed by atoms with van der Waals surface area (Å²) in [6, 6.07) is 22.7. The zero-order chi connectivity index (χ0) is 22.5. The van der Waals surface area contributed by atoms with Gasteiger partial charge < -0.3 is 4.74 Å². The van der Waals surface area contributed by atoms with Gasteiger partial charge in [0.25, 0.3) is 0 Å². The van der Waals surface area contributed by atoms with Gasteiger partial charge in [-0.2, -0.15) is 0 Å². The topological polar surface area (TPSA) is 9.23 Å². The maximum atomic E-state index is 13.6. The summed E-state index contributed by atoms with van der Waals surface area (Å²) in [5.74, 6) is -0.306. The minimum atomic E-state index is -0.323. The number of hydrogen-bond acceptors (Lipinski definition) is 1. The van der Waals surface area contributed by atoms with Crippen LogP contribution in [-0.4, -0.2) is 6.61 Å². The van der Waals surface area contributed by atoms with Crippen LogP contribution < -0.4 is 4.74 Å². The van der Waals surface area contributed by atoms with E-state index in [0.29, 0.717) is 12.4 Å². The van der Waals surface area contributed by atoms with E-state index < -0.39 is 0 Å². The quantitative estimate of drug-likeness (QED) is 0.267. The second-order valence-electron chi connectivity index (χ2n) is 7.62. The Morgan fingerprint density at radius 1 is 0.562 bits per heavy atom. The minimum Gasteiger partial charge on any atom is -0.492 e. The van der Waals surface area contributed by atoms with E-state index in [1.165, 1.54) is 36.4 Å². The number of halogens is 3. The zero-order valence-corrected chi connectivity index (χ0v) is 17.7. The van der Waals surface area contributed by atoms with Crippen molar-refractivity contribution in [1.82, 2.24) is 0 Å². The molecule has 0 heterocycles. The summed E-state index contributed by atoms with van der Waals surface area (Å²) in [5, 5.41) is 0. The summed E-state index contributed by atoms with van der Waals surface area (Å²) < 4.78 is 47.0. The van der Waals surface area contributed by atoms with Gasteiger partial charge in [0.2, 0.25) is 0 Å². The Morgan fingerprint density at radius 3 is 1.38 bits per heavy atom. The fraction of sp³-hybridized carbons (Fsp3) is 0.143. The van der Waals surface area contributed by atoms with Crippen LogP contribution in [0, 0.1) is 17.5 Å². The maximum absolute atomic E-state index is 13.6. The van der Waals surface area contributed by atoms with Crippen LogP contribution in [0.1, 0.15) is 19.8 Å². The molecular weight excluding hydrogens is 409 g/mol. The molecule has 0 aliphatic heterocycles. The molecular formula is C28H23F3O. The fourth-order valence-electron chi connectivity index (χ4n) is 3.60. The Kier molecular flexibility index (Phi) is 6.60. The molecule has 4 rings (SSSR count). The van der Waals surface area contributed by atoms with Crippen molar-refractivity contribution in [2.45, 2.75) is 19.8 Å². The van der Waals surface area contributed by atoms with Gasteiger partial charge in [-0.05, 0) is 77.2 Å². The molecule has 0 aliphatic rings. The van der Waals surface area contributed by atoms with Gasteiger partial charge in [0, 0.05) is 11.1 Å². The second kappa shape index (κ2) is 9.73. The van der Waals surface area contributed by atoms with Crippen molar-refractivity contribution in [2.75, 3.05) is 6.61 Å². The van der Waals surface area contributed by atoms with Gasteiger partial charge in [0.05, 0.1) is 6.61 Å². The van der Waals surface area contributed by atoms with E-state index in [0.717, 1.165) is 46.2 Å². The third kappa shape index (κ3) is 4.86. The van der Waals surface area contributed by atoms with Gasteiger partial charge in [0.1, 0.15) is 23.2 Å². The van der Waals surface area contributed by atoms with Crippen LogP contribution in [0.3, 0.4) is 0 Å². The molecule has 0 unspecified atom stereocenters. The second-order valence-corrected chi connectivity index (χ2v) is 7.62. The summed E-state index contributed by atoms with van der Waals surface area (Å²) in [4.78, 5) is 0. The predicted molar refractivity (Wildman–Crippen MR) is 123 cm³/mol. The van der Waals surface area contributed by atoms with E-state index in [-0.39, 0.29) is 17.5 Å². The molecule has 0 aliphatic carbocycles. The average Bonchev–Trinajstić information content (AvgIpc) is 2.81. The molecule has 32 heavy (non-hydrogen) atoms. The fourth-order valence-corrected chi connectivity index (χ4v) is 3.60. The molecule has 0 saturated carbocycles. The van der Waals surface area contributed by atoms with E-state index in [1.807, 2.05) is 12.1 Å². The number of hydrogen-bond donors (Lipinski definition) is 0. The van der Waals surface area contributed by atoms with Crippen LogP contribution >= 0.6 is 0 Å². The SMILES string of the molecule is CCCCOc1c(-c2ccc(F)cc2)cc(-c2ccc(F)cc2)cc1-c1ccc(F)cc1. The Hall–Kier alpha value is -3.53. The summed E-state index contributed by atoms with van der Waals surface area (Å²) in [5.41, 5.74) is 4.87. The smallest absolute Gasteiger partial charge is 0.134 e. The van der Waals surface area contributed by atoms with Gasteiger partial charge in [-0.1, -0.05) is 49.7 Å². The van der Waals surface area contributed by atoms with Crippen molar-refractivity contribution < 1.29 is 17.9 Å². The summed E-state index contributed by atoms with van der Waals surface area (Å²) >= 11 is 0. The molecule has 0 amide bonds. The van der Waals surface area contributed by atoms with Gasteiger partial charge >= 0.3 is 0 Å². The van der Waals surface area contributed by atoms with E-state index in [2.05, 4.69) is 6.92 Å². The molecule has 0 aromatic heterocycles. The first kappa shape index (κ1) is 21.7. The lowest BCUT2D eigenvalue weighted by Crippen LogP contribution is -2.01. The van der Waals surface area contributed by atoms with E-state index in [9.17, 15) is 13.2 Å². The van der Waals surface area contributed by atoms with Crippen LogP contribution in [0.4, 0.5) is 13.2 Å². The van der Waals surface area contributed by atoms with Crippen molar-refractivity contribution in [3.63, 3.8) is 0 Å². The summed E-state index contributed by atoms with van der Waals surface area (Å²) in [7, 11) is 0. The lowest BCUT2D eigenvalue weighted by Gasteiger charge is -2.19. The van der Waals surface area contributed by atoms with Crippen molar-refractivity contribution in [3.8, 4) is 39.1 Å². The van der Waals surface area contributed by atoms with Crippen LogP contribution in [0.25, 0.3) is 33.4 Å². The molecule has 0 N–H and O–H groups in total. The highest BCUT2D eigenvalue weighted by Crippen LogP contribution is 2.43. The molecule has 0 spiro atoms. The number of unbranched alkanes of at least 4 members (excludes halogenated alkanes) is 1. The Labute approximate surface area is 186 Å². The van der Waals surface area contributed by atoms with Gasteiger partial charge in [-0.25, -0.2) is 13.2 Å². The largest absolute Gasteiger partial charge is 0.492 e. The first-order valence-electron chi connectivity index (χ1n) is 10.6. The number of benzene rings is 4. The number of rotatable bonds is 7. The van der Waals surface area contributed by atoms with Crippen molar-refractivity contribution >= 4 is 0 Å². The Morgan fingerprint density at radius 2 is 0.969 bits per heavy atom. The van der Waals surface area contributed by atoms with Gasteiger partial charge in [-0.15, -0.1) is 0 Å². The van der Waals surface area contributed by atoms with Gasteiger partial charge in [0.15, 0.2) is 0 Å². The Balaban J connectivity index is 1.96. The molecule has 162 valence electrons. The average molecular weight is 432 g/mol. The molecule has 0 radical (unpaired) electrons. The predicted octanol–water partition coefficient (Wildman–Crippen LogP) is 8.28. The van der Waals surface area contributed by atoms with Crippen LogP contribution in [-0.2, 0) is 0 Å². The molecule has 4 heteroatoms. The number of ether oxygens (including phenoxy) is 1. The van der Waals surface area contributed by atoms with E-state index in [1.54, 1.807) is 36.4 Å². The molecule has 0 saturated heterocycles. The van der Waals surface area contributed by atoms with Crippen LogP contribution in [0.5, 0.6) is 5.75 Å². The van der Waals surface area contributed by atoms with Crippen molar-refractivity contribution in [1.29, 1.82) is 0 Å². The molecule has 4 aromatic rings. The normalized spacial score (nSPS) is 10.9. The minimum absolute atomic E-state index is 0.314. The van der Waals surface area contributed by atoms with Crippen LogP contribution in [0.15, 0.2) is 84.9 Å². The van der Waals surface area contributed by atoms with Crippen molar-refractivity contribution in [2.24, 2.45) is 0 Å². The lowest BCUT2D eigenvalue weighted by atomic mass is 9.92. The lowest BCUT2D eigenvalue weighted by molar-refractivity contribution is 0.312. The first-order valence-corrected chi connectivity index (χ1v) is 10.6. The molecule has 0 bridgehead atoms. The highest BCUT2D eigenvalue weighted by Gasteiger charge is 2.17. The highest BCUT2D eigenvalue weighted by atomic mass is 19.1. The highest BCUT2D eigenvalue weighted by molar-refractivity contribution is 5.88. The zero-order valence-electron chi connectivity index (χ0n) is 17.7. The van der Waals surface area contributed by atoms with E-state index >= 15 is 0 Å². The molecule has 0 atom stereocenters. The monoisotopic (exact) mass is 432 g/mol. The maximum Gasteiger partial charge on any atom is 0.134 e. The standard InChI is InChI=1S/C28H23F3O/c1-2-3-16-32-28-26(20-6-12-24(30)13-7-20)17-22(19-4-10-23(29)11-5-19)18-27(28)21-8-14-25(31)15-9-21/h4-15,17-18H,2-3,16H2,1H3. The third-order valence-electron chi connectivity index (χ3n) is 5.32. The Bertz CT molecular complexity index is 1110. The van der Waals surface area contributed by atoms with E-state index in [4.69, 9.17) is 4.74 Å². The summed E-state index contributed by atoms with van der Waals surface area (Å²) in [6.45, 7) is 2.61. The molecule has 4 aromatic carbocycles. The first-order chi connectivity index (χ1) is 15.5. The molecule has 1 nitrogen and oxygen atoms in total. The summed E-state index contributed by atoms with van der Waals surface area (Å²) in [6.07, 6.45) is 1.86.